The highest BCUT2D eigenvalue weighted by Crippen LogP contribution is 2.17. The molecule has 0 aromatic carbocycles. The average molecular weight is 275 g/mol. The lowest BCUT2D eigenvalue weighted by Crippen LogP contribution is -2.43. The summed E-state index contributed by atoms with van der Waals surface area (Å²) in [4.78, 5) is 2.26. The van der Waals surface area contributed by atoms with Crippen LogP contribution >= 0.6 is 0 Å². The van der Waals surface area contributed by atoms with E-state index in [9.17, 15) is 8.42 Å². The summed E-state index contributed by atoms with van der Waals surface area (Å²) in [6, 6.07) is 0.542. The summed E-state index contributed by atoms with van der Waals surface area (Å²) in [6.07, 6.45) is 4.36. The molecule has 0 aromatic heterocycles. The first-order valence-electron chi connectivity index (χ1n) is 6.86. The van der Waals surface area contributed by atoms with Crippen molar-refractivity contribution in [3.63, 3.8) is 0 Å². The summed E-state index contributed by atoms with van der Waals surface area (Å²) in [5, 5.41) is 3.25. The molecule has 0 radical (unpaired) electrons. The lowest BCUT2D eigenvalue weighted by molar-refractivity contribution is 0.270. The molecule has 0 saturated carbocycles. The summed E-state index contributed by atoms with van der Waals surface area (Å²) in [5.74, 6) is 0.250. The van der Waals surface area contributed by atoms with Crippen molar-refractivity contribution in [3.05, 3.63) is 0 Å². The van der Waals surface area contributed by atoms with Crippen molar-refractivity contribution >= 4 is 10.0 Å². The van der Waals surface area contributed by atoms with Gasteiger partial charge in [-0.3, -0.25) is 0 Å². The zero-order valence-corrected chi connectivity index (χ0v) is 12.2. The Hall–Kier alpha value is -0.170. The molecule has 0 aromatic rings. The fourth-order valence-electron chi connectivity index (χ4n) is 2.90. The standard InChI is InChI=1S/C12H25N3O2S/c1-14-8-4-6-12(14)9-15(2)18(16,17)10-11-5-3-7-13-11/h11-13H,3-10H2,1-2H3. The molecule has 0 bridgehead atoms. The molecule has 5 nitrogen and oxygen atoms in total. The van der Waals surface area contributed by atoms with Gasteiger partial charge >= 0.3 is 0 Å². The summed E-state index contributed by atoms with van der Waals surface area (Å²) in [7, 11) is 0.688. The first kappa shape index (κ1) is 14.2. The molecule has 2 fully saturated rings. The van der Waals surface area contributed by atoms with Gasteiger partial charge in [0.05, 0.1) is 5.75 Å². The van der Waals surface area contributed by atoms with E-state index in [4.69, 9.17) is 0 Å². The number of hydrogen-bond acceptors (Lipinski definition) is 4. The van der Waals surface area contributed by atoms with Gasteiger partial charge < -0.3 is 10.2 Å². The zero-order valence-electron chi connectivity index (χ0n) is 11.4. The van der Waals surface area contributed by atoms with Gasteiger partial charge in [-0.25, -0.2) is 12.7 Å². The Bertz CT molecular complexity index is 366. The quantitative estimate of drug-likeness (QED) is 0.773. The SMILES string of the molecule is CN1CCCC1CN(C)S(=O)(=O)CC1CCCN1. The maximum atomic E-state index is 12.2. The minimum absolute atomic E-state index is 0.152. The molecule has 2 saturated heterocycles. The molecule has 2 aliphatic heterocycles. The van der Waals surface area contributed by atoms with E-state index in [1.807, 2.05) is 0 Å². The van der Waals surface area contributed by atoms with Gasteiger partial charge in [0.25, 0.3) is 0 Å². The molecule has 0 spiro atoms. The van der Waals surface area contributed by atoms with E-state index in [-0.39, 0.29) is 11.8 Å². The third-order valence-corrected chi connectivity index (χ3v) is 6.11. The molecule has 106 valence electrons. The van der Waals surface area contributed by atoms with Crippen molar-refractivity contribution in [1.82, 2.24) is 14.5 Å². The lowest BCUT2D eigenvalue weighted by Gasteiger charge is -2.26. The summed E-state index contributed by atoms with van der Waals surface area (Å²) >= 11 is 0. The second kappa shape index (κ2) is 5.86. The molecule has 0 amide bonds. The van der Waals surface area contributed by atoms with Crippen molar-refractivity contribution in [2.75, 3.05) is 39.5 Å². The Kier molecular flexibility index (Phi) is 4.64. The third kappa shape index (κ3) is 3.44. The maximum absolute atomic E-state index is 12.2. The normalized spacial score (nSPS) is 30.4. The van der Waals surface area contributed by atoms with E-state index < -0.39 is 10.0 Å². The molecule has 6 heteroatoms. The molecular weight excluding hydrogens is 250 g/mol. The van der Waals surface area contributed by atoms with Crippen LogP contribution in [0.25, 0.3) is 0 Å². The highest BCUT2D eigenvalue weighted by molar-refractivity contribution is 7.89. The van der Waals surface area contributed by atoms with E-state index in [1.165, 1.54) is 6.42 Å². The van der Waals surface area contributed by atoms with Crippen molar-refractivity contribution in [2.24, 2.45) is 0 Å². The van der Waals surface area contributed by atoms with Gasteiger partial charge in [0.2, 0.25) is 10.0 Å². The van der Waals surface area contributed by atoms with Crippen LogP contribution in [0.5, 0.6) is 0 Å². The number of rotatable bonds is 5. The van der Waals surface area contributed by atoms with E-state index >= 15 is 0 Å². The van der Waals surface area contributed by atoms with Gasteiger partial charge in [-0.15, -0.1) is 0 Å². The summed E-state index contributed by atoms with van der Waals surface area (Å²) in [6.45, 7) is 2.67. The molecular formula is C12H25N3O2S. The first-order valence-corrected chi connectivity index (χ1v) is 8.47. The summed E-state index contributed by atoms with van der Waals surface area (Å²) in [5.41, 5.74) is 0. The first-order chi connectivity index (χ1) is 8.49. The van der Waals surface area contributed by atoms with Crippen molar-refractivity contribution < 1.29 is 8.42 Å². The number of nitrogens with one attached hydrogen (secondary N) is 1. The number of hydrogen-bond donors (Lipinski definition) is 1. The van der Waals surface area contributed by atoms with Gasteiger partial charge in [0, 0.05) is 25.7 Å². The molecule has 2 aliphatic rings. The monoisotopic (exact) mass is 275 g/mol. The largest absolute Gasteiger partial charge is 0.313 e. The fraction of sp³-hybridized carbons (Fsp3) is 1.00. The van der Waals surface area contributed by atoms with Crippen LogP contribution in [0.1, 0.15) is 25.7 Å². The van der Waals surface area contributed by atoms with Crippen LogP contribution in [0.4, 0.5) is 0 Å². The van der Waals surface area contributed by atoms with Crippen molar-refractivity contribution in [1.29, 1.82) is 0 Å². The Morgan fingerprint density at radius 1 is 1.33 bits per heavy atom. The van der Waals surface area contributed by atoms with Crippen LogP contribution in [-0.2, 0) is 10.0 Å². The minimum Gasteiger partial charge on any atom is -0.313 e. The van der Waals surface area contributed by atoms with Crippen molar-refractivity contribution in [2.45, 2.75) is 37.8 Å². The van der Waals surface area contributed by atoms with Gasteiger partial charge in [0.1, 0.15) is 0 Å². The molecule has 1 N–H and O–H groups in total. The van der Waals surface area contributed by atoms with Crippen LogP contribution < -0.4 is 5.32 Å². The van der Waals surface area contributed by atoms with Gasteiger partial charge in [-0.1, -0.05) is 0 Å². The molecule has 2 heterocycles. The molecule has 2 atom stereocenters. The van der Waals surface area contributed by atoms with E-state index in [1.54, 1.807) is 11.4 Å². The lowest BCUT2D eigenvalue weighted by atomic mass is 10.2. The van der Waals surface area contributed by atoms with Crippen LogP contribution in [0.2, 0.25) is 0 Å². The second-order valence-electron chi connectivity index (χ2n) is 5.63. The molecule has 18 heavy (non-hydrogen) atoms. The Balaban J connectivity index is 1.87. The maximum Gasteiger partial charge on any atom is 0.215 e. The Morgan fingerprint density at radius 2 is 2.11 bits per heavy atom. The summed E-state index contributed by atoms with van der Waals surface area (Å²) < 4.78 is 26.1. The Labute approximate surface area is 111 Å². The number of sulfonamides is 1. The fourth-order valence-corrected chi connectivity index (χ4v) is 4.35. The smallest absolute Gasteiger partial charge is 0.215 e. The predicted octanol–water partition coefficient (Wildman–Crippen LogP) is 0.0942. The molecule has 2 rings (SSSR count). The second-order valence-corrected chi connectivity index (χ2v) is 7.75. The van der Waals surface area contributed by atoms with Gasteiger partial charge in [0.15, 0.2) is 0 Å². The Morgan fingerprint density at radius 3 is 2.67 bits per heavy atom. The van der Waals surface area contributed by atoms with Gasteiger partial charge in [-0.2, -0.15) is 0 Å². The van der Waals surface area contributed by atoms with E-state index in [0.29, 0.717) is 12.6 Å². The van der Waals surface area contributed by atoms with Crippen LogP contribution in [0.3, 0.4) is 0 Å². The number of nitrogens with zero attached hydrogens (tertiary/aromatic N) is 2. The zero-order chi connectivity index (χ0) is 13.2. The van der Waals surface area contributed by atoms with E-state index in [0.717, 1.165) is 32.4 Å². The third-order valence-electron chi connectivity index (χ3n) is 4.19. The van der Waals surface area contributed by atoms with Crippen LogP contribution in [-0.4, -0.2) is 69.2 Å². The number of likely N-dealkylation sites (tertiary alicyclic amines) is 1. The molecule has 2 unspecified atom stereocenters. The van der Waals surface area contributed by atoms with E-state index in [2.05, 4.69) is 17.3 Å². The van der Waals surface area contributed by atoms with Crippen molar-refractivity contribution in [3.8, 4) is 0 Å². The van der Waals surface area contributed by atoms with Crippen LogP contribution in [0.15, 0.2) is 0 Å². The predicted molar refractivity (Wildman–Crippen MR) is 73.1 cm³/mol. The topological polar surface area (TPSA) is 52.7 Å². The number of likely N-dealkylation sites (N-methyl/N-ethyl adjacent to an activating group) is 2. The average Bonchev–Trinajstić information content (AvgIpc) is 2.91. The highest BCUT2D eigenvalue weighted by Gasteiger charge is 2.29. The minimum atomic E-state index is -3.11. The van der Waals surface area contributed by atoms with Crippen LogP contribution in [0, 0.1) is 0 Å². The van der Waals surface area contributed by atoms with Gasteiger partial charge in [-0.05, 0) is 45.8 Å². The highest BCUT2D eigenvalue weighted by atomic mass is 32.2. The molecule has 0 aliphatic carbocycles.